The van der Waals surface area contributed by atoms with Crippen LogP contribution in [0.5, 0.6) is 5.88 Å². The van der Waals surface area contributed by atoms with Gasteiger partial charge in [0.1, 0.15) is 11.5 Å². The molecule has 1 saturated heterocycles. The molecule has 0 bridgehead atoms. The van der Waals surface area contributed by atoms with Gasteiger partial charge in [0.25, 0.3) is 5.91 Å². The molecule has 10 heteroatoms. The van der Waals surface area contributed by atoms with E-state index in [0.717, 1.165) is 16.5 Å². The second kappa shape index (κ2) is 8.29. The predicted molar refractivity (Wildman–Crippen MR) is 115 cm³/mol. The summed E-state index contributed by atoms with van der Waals surface area (Å²) in [6.07, 6.45) is 1.46. The lowest BCUT2D eigenvalue weighted by molar-refractivity contribution is -0.00448. The summed E-state index contributed by atoms with van der Waals surface area (Å²) in [5.41, 5.74) is 9.59. The maximum atomic E-state index is 13.5. The van der Waals surface area contributed by atoms with Crippen molar-refractivity contribution in [2.75, 3.05) is 32.1 Å². The highest BCUT2D eigenvalue weighted by Crippen LogP contribution is 2.38. The molecule has 2 aliphatic heterocycles. The smallest absolute Gasteiger partial charge is 0.273 e. The molecule has 3 aromatic heterocycles. The lowest BCUT2D eigenvalue weighted by Crippen LogP contribution is -2.44. The molecule has 5 rings (SSSR count). The van der Waals surface area contributed by atoms with E-state index in [1.807, 2.05) is 19.9 Å². The highest BCUT2D eigenvalue weighted by molar-refractivity contribution is 5.97. The number of hydrogen-bond donors (Lipinski definition) is 1. The number of anilines is 1. The summed E-state index contributed by atoms with van der Waals surface area (Å²) in [5, 5.41) is 9.18. The van der Waals surface area contributed by atoms with Gasteiger partial charge in [-0.05, 0) is 31.5 Å². The van der Waals surface area contributed by atoms with E-state index in [1.165, 1.54) is 0 Å². The molecule has 0 aliphatic carbocycles. The van der Waals surface area contributed by atoms with Crippen molar-refractivity contribution in [1.29, 1.82) is 0 Å². The molecule has 0 saturated carbocycles. The van der Waals surface area contributed by atoms with Crippen LogP contribution in [0.2, 0.25) is 0 Å². The van der Waals surface area contributed by atoms with E-state index in [1.54, 1.807) is 23.2 Å². The quantitative estimate of drug-likeness (QED) is 0.655. The van der Waals surface area contributed by atoms with Gasteiger partial charge in [-0.3, -0.25) is 4.79 Å². The van der Waals surface area contributed by atoms with Crippen LogP contribution >= 0.6 is 0 Å². The molecule has 0 spiro atoms. The van der Waals surface area contributed by atoms with E-state index < -0.39 is 0 Å². The number of nitrogens with zero attached hydrogens (tertiary/aromatic N) is 5. The third kappa shape index (κ3) is 3.51. The number of rotatable bonds is 4. The number of pyridine rings is 2. The van der Waals surface area contributed by atoms with Crippen LogP contribution in [0.15, 0.2) is 24.4 Å². The standard InChI is InChI=1S/C22H24N6O4/c1-3-31-19-5-4-15(26-27-19)18-11-30-7-6-28(18)22(29)16-8-13-14-10-32-12(2)20(14)21(23)25-17(13)9-24-16/h4-5,8-9,12,18H,3,6-7,10-11H2,1-2H3,(H2,23,25)/t12-,18?/m1/s1. The van der Waals surface area contributed by atoms with Gasteiger partial charge >= 0.3 is 0 Å². The first-order valence-corrected chi connectivity index (χ1v) is 10.6. The van der Waals surface area contributed by atoms with Crippen LogP contribution in [0.25, 0.3) is 10.9 Å². The molecule has 10 nitrogen and oxygen atoms in total. The Hall–Kier alpha value is -3.37. The van der Waals surface area contributed by atoms with E-state index >= 15 is 0 Å². The number of ether oxygens (including phenoxy) is 3. The number of morpholine rings is 1. The molecule has 1 fully saturated rings. The van der Waals surface area contributed by atoms with E-state index in [4.69, 9.17) is 19.9 Å². The molecular formula is C22H24N6O4. The van der Waals surface area contributed by atoms with Gasteiger partial charge in [0.15, 0.2) is 0 Å². The topological polar surface area (TPSA) is 126 Å². The molecule has 0 radical (unpaired) electrons. The summed E-state index contributed by atoms with van der Waals surface area (Å²) < 4.78 is 16.8. The number of carbonyl (C=O) groups excluding carboxylic acids is 1. The number of carbonyl (C=O) groups is 1. The van der Waals surface area contributed by atoms with Crippen molar-refractivity contribution in [3.63, 3.8) is 0 Å². The highest BCUT2D eigenvalue weighted by Gasteiger charge is 2.32. The van der Waals surface area contributed by atoms with Crippen LogP contribution in [-0.2, 0) is 16.1 Å². The summed E-state index contributed by atoms with van der Waals surface area (Å²) in [6.45, 7) is 5.97. The van der Waals surface area contributed by atoms with Crippen molar-refractivity contribution < 1.29 is 19.0 Å². The maximum absolute atomic E-state index is 13.5. The number of nitrogens with two attached hydrogens (primary N) is 1. The second-order valence-electron chi connectivity index (χ2n) is 7.75. The Morgan fingerprint density at radius 2 is 2.22 bits per heavy atom. The minimum Gasteiger partial charge on any atom is -0.477 e. The van der Waals surface area contributed by atoms with Gasteiger partial charge in [-0.2, -0.15) is 0 Å². The number of hydrogen-bond acceptors (Lipinski definition) is 9. The van der Waals surface area contributed by atoms with Crippen molar-refractivity contribution in [3.05, 3.63) is 46.9 Å². The predicted octanol–water partition coefficient (Wildman–Crippen LogP) is 2.21. The number of fused-ring (bicyclic) bond motifs is 3. The van der Waals surface area contributed by atoms with Crippen LogP contribution in [0.3, 0.4) is 0 Å². The second-order valence-corrected chi connectivity index (χ2v) is 7.75. The Labute approximate surface area is 184 Å². The molecule has 166 valence electrons. The molecule has 1 unspecified atom stereocenters. The number of nitrogen functional groups attached to an aromatic ring is 1. The third-order valence-corrected chi connectivity index (χ3v) is 5.84. The van der Waals surface area contributed by atoms with Crippen LogP contribution in [-0.4, -0.2) is 57.3 Å². The summed E-state index contributed by atoms with van der Waals surface area (Å²) in [4.78, 5) is 24.1. The summed E-state index contributed by atoms with van der Waals surface area (Å²) in [6, 6.07) is 4.97. The summed E-state index contributed by atoms with van der Waals surface area (Å²) in [5.74, 6) is 0.688. The van der Waals surface area contributed by atoms with Crippen molar-refractivity contribution in [2.45, 2.75) is 32.6 Å². The lowest BCUT2D eigenvalue weighted by atomic mass is 10.0. The fourth-order valence-corrected chi connectivity index (χ4v) is 4.26. The van der Waals surface area contributed by atoms with Crippen molar-refractivity contribution in [1.82, 2.24) is 25.1 Å². The fourth-order valence-electron chi connectivity index (χ4n) is 4.26. The molecule has 32 heavy (non-hydrogen) atoms. The highest BCUT2D eigenvalue weighted by atomic mass is 16.5. The molecule has 1 amide bonds. The summed E-state index contributed by atoms with van der Waals surface area (Å²) in [7, 11) is 0. The Morgan fingerprint density at radius 3 is 3.00 bits per heavy atom. The Kier molecular flexibility index (Phi) is 5.32. The van der Waals surface area contributed by atoms with Crippen LogP contribution in [0.4, 0.5) is 5.82 Å². The zero-order valence-electron chi connectivity index (χ0n) is 17.9. The zero-order chi connectivity index (χ0) is 22.2. The molecule has 2 aliphatic rings. The van der Waals surface area contributed by atoms with Crippen LogP contribution < -0.4 is 10.5 Å². The molecular weight excluding hydrogens is 412 g/mol. The lowest BCUT2D eigenvalue weighted by Gasteiger charge is -2.34. The first kappa shape index (κ1) is 20.5. The number of amides is 1. The van der Waals surface area contributed by atoms with Crippen molar-refractivity contribution in [2.24, 2.45) is 0 Å². The minimum absolute atomic E-state index is 0.129. The van der Waals surface area contributed by atoms with E-state index in [2.05, 4.69) is 20.2 Å². The Balaban J connectivity index is 1.48. The van der Waals surface area contributed by atoms with E-state index in [-0.39, 0.29) is 18.1 Å². The first-order valence-electron chi connectivity index (χ1n) is 10.6. The van der Waals surface area contributed by atoms with Gasteiger partial charge in [0.2, 0.25) is 5.88 Å². The monoisotopic (exact) mass is 436 g/mol. The van der Waals surface area contributed by atoms with Gasteiger partial charge in [0.05, 0.1) is 56.0 Å². The zero-order valence-corrected chi connectivity index (χ0v) is 17.9. The molecule has 5 heterocycles. The van der Waals surface area contributed by atoms with Gasteiger partial charge in [-0.25, -0.2) is 9.97 Å². The van der Waals surface area contributed by atoms with Gasteiger partial charge in [-0.1, -0.05) is 0 Å². The largest absolute Gasteiger partial charge is 0.477 e. The van der Waals surface area contributed by atoms with Gasteiger partial charge in [-0.15, -0.1) is 10.2 Å². The third-order valence-electron chi connectivity index (χ3n) is 5.84. The van der Waals surface area contributed by atoms with E-state index in [0.29, 0.717) is 61.6 Å². The van der Waals surface area contributed by atoms with Crippen molar-refractivity contribution >= 4 is 22.6 Å². The van der Waals surface area contributed by atoms with Crippen LogP contribution in [0.1, 0.15) is 53.3 Å². The van der Waals surface area contributed by atoms with Gasteiger partial charge < -0.3 is 24.8 Å². The Bertz CT molecular complexity index is 1170. The Morgan fingerprint density at radius 1 is 1.34 bits per heavy atom. The SMILES string of the molecule is CCOc1ccc(C2COCCN2C(=O)c2cc3c4c(c(N)nc3cn2)[C@@H](C)OC4)nn1. The normalized spacial score (nSPS) is 20.4. The first-order chi connectivity index (χ1) is 15.6. The average Bonchev–Trinajstić information content (AvgIpc) is 3.22. The summed E-state index contributed by atoms with van der Waals surface area (Å²) >= 11 is 0. The molecule has 2 atom stereocenters. The maximum Gasteiger partial charge on any atom is 0.273 e. The average molecular weight is 436 g/mol. The van der Waals surface area contributed by atoms with Crippen molar-refractivity contribution in [3.8, 4) is 5.88 Å². The number of aromatic nitrogens is 4. The minimum atomic E-state index is -0.365. The molecule has 0 aromatic carbocycles. The molecule has 3 aromatic rings. The fraction of sp³-hybridized carbons (Fsp3) is 0.409. The molecule has 2 N–H and O–H groups in total. The van der Waals surface area contributed by atoms with E-state index in [9.17, 15) is 4.79 Å². The van der Waals surface area contributed by atoms with Crippen LogP contribution in [0, 0.1) is 0 Å². The van der Waals surface area contributed by atoms with Gasteiger partial charge in [0, 0.05) is 23.6 Å².